The van der Waals surface area contributed by atoms with E-state index in [4.69, 9.17) is 14.8 Å². The van der Waals surface area contributed by atoms with Crippen LogP contribution in [0.2, 0.25) is 0 Å². The molecule has 0 radical (unpaired) electrons. The number of nitrogens with one attached hydrogen (secondary N) is 1. The van der Waals surface area contributed by atoms with E-state index >= 15 is 0 Å². The summed E-state index contributed by atoms with van der Waals surface area (Å²) in [6.45, 7) is 14.2. The number of fused-ring (bicyclic) bond motifs is 5. The van der Waals surface area contributed by atoms with Gasteiger partial charge in [0, 0.05) is 19.1 Å². The maximum absolute atomic E-state index is 13.1. The molecule has 0 amide bonds. The Bertz CT molecular complexity index is 739. The Hall–Kier alpha value is 0.0700. The number of hydrogen-bond donors (Lipinski definition) is 2. The molecule has 0 aromatic carbocycles. The molecule has 4 fully saturated rings. The molecule has 3 N–H and O–H groups in total. The SMILES string of the molecule is CCOP(=O)(CCC(C)C1CCC2C3CCC4CC(NCCN)CCC4(C)C3CCC12C)OCC. The van der Waals surface area contributed by atoms with Gasteiger partial charge in [-0.3, -0.25) is 4.57 Å². The molecule has 9 unspecified atom stereocenters. The summed E-state index contributed by atoms with van der Waals surface area (Å²) in [5.41, 5.74) is 6.75. The van der Waals surface area contributed by atoms with Gasteiger partial charge in [0.15, 0.2) is 0 Å². The first-order valence-corrected chi connectivity index (χ1v) is 16.7. The van der Waals surface area contributed by atoms with Crippen LogP contribution in [0.1, 0.15) is 98.8 Å². The predicted molar refractivity (Wildman–Crippen MR) is 146 cm³/mol. The molecule has 0 heterocycles. The van der Waals surface area contributed by atoms with Crippen LogP contribution in [-0.2, 0) is 13.6 Å². The minimum Gasteiger partial charge on any atom is -0.329 e. The van der Waals surface area contributed by atoms with Gasteiger partial charge in [0.25, 0.3) is 0 Å². The lowest BCUT2D eigenvalue weighted by molar-refractivity contribution is -0.117. The smallest absolute Gasteiger partial charge is 0.329 e. The van der Waals surface area contributed by atoms with Crippen LogP contribution in [0.4, 0.5) is 0 Å². The Morgan fingerprint density at radius 2 is 1.66 bits per heavy atom. The Morgan fingerprint density at radius 3 is 2.34 bits per heavy atom. The first kappa shape index (κ1) is 28.1. The third kappa shape index (κ3) is 5.47. The monoisotopic (exact) mass is 510 g/mol. The highest BCUT2D eigenvalue weighted by Gasteiger charge is 2.60. The second kappa shape index (κ2) is 11.4. The number of hydrogen-bond acceptors (Lipinski definition) is 5. The fourth-order valence-electron chi connectivity index (χ4n) is 9.83. The van der Waals surface area contributed by atoms with Crippen molar-refractivity contribution in [2.24, 2.45) is 52.1 Å². The van der Waals surface area contributed by atoms with Crippen molar-refractivity contribution in [1.82, 2.24) is 5.32 Å². The topological polar surface area (TPSA) is 73.6 Å². The first-order chi connectivity index (χ1) is 16.7. The third-order valence-electron chi connectivity index (χ3n) is 11.5. The molecule has 0 aromatic heterocycles. The van der Waals surface area contributed by atoms with Crippen LogP contribution in [0.25, 0.3) is 0 Å². The van der Waals surface area contributed by atoms with E-state index < -0.39 is 7.60 Å². The van der Waals surface area contributed by atoms with E-state index in [1.165, 1.54) is 57.8 Å². The fourth-order valence-corrected chi connectivity index (χ4v) is 11.7. The van der Waals surface area contributed by atoms with Gasteiger partial charge in [0.2, 0.25) is 0 Å². The van der Waals surface area contributed by atoms with Gasteiger partial charge < -0.3 is 20.1 Å². The minimum atomic E-state index is -2.95. The lowest BCUT2D eigenvalue weighted by Gasteiger charge is -2.61. The lowest BCUT2D eigenvalue weighted by Crippen LogP contribution is -2.55. The number of rotatable bonds is 11. The molecule has 9 atom stereocenters. The van der Waals surface area contributed by atoms with Crippen LogP contribution < -0.4 is 11.1 Å². The van der Waals surface area contributed by atoms with Gasteiger partial charge in [0.05, 0.1) is 19.4 Å². The molecule has 0 aliphatic heterocycles. The summed E-state index contributed by atoms with van der Waals surface area (Å²) < 4.78 is 24.3. The van der Waals surface area contributed by atoms with E-state index in [-0.39, 0.29) is 0 Å². The molecule has 0 bridgehead atoms. The lowest BCUT2D eigenvalue weighted by atomic mass is 9.44. The van der Waals surface area contributed by atoms with Crippen molar-refractivity contribution in [1.29, 1.82) is 0 Å². The van der Waals surface area contributed by atoms with Gasteiger partial charge in [-0.1, -0.05) is 20.8 Å². The summed E-state index contributed by atoms with van der Waals surface area (Å²) >= 11 is 0. The zero-order valence-electron chi connectivity index (χ0n) is 23.4. The maximum Gasteiger partial charge on any atom is 0.330 e. The standard InChI is InChI=1S/C29H55N2O3P/c1-6-33-35(32,34-7-2)19-14-21(3)25-10-11-26-24-9-8-22-20-23(31-18-17-30)12-15-28(22,4)27(24)13-16-29(25,26)5/h21-27,31H,6-20,30H2,1-5H3. The van der Waals surface area contributed by atoms with Crippen LogP contribution in [0.5, 0.6) is 0 Å². The van der Waals surface area contributed by atoms with Crippen molar-refractivity contribution in [2.45, 2.75) is 105 Å². The summed E-state index contributed by atoms with van der Waals surface area (Å²) in [6.07, 6.45) is 14.1. The van der Waals surface area contributed by atoms with Gasteiger partial charge in [-0.05, 0) is 124 Å². The minimum absolute atomic E-state index is 0.449. The van der Waals surface area contributed by atoms with E-state index in [9.17, 15) is 4.57 Å². The summed E-state index contributed by atoms with van der Waals surface area (Å²) in [5, 5.41) is 3.73. The highest BCUT2D eigenvalue weighted by molar-refractivity contribution is 7.53. The Balaban J connectivity index is 1.41. The van der Waals surface area contributed by atoms with Gasteiger partial charge >= 0.3 is 7.60 Å². The molecule has 6 heteroatoms. The van der Waals surface area contributed by atoms with E-state index in [0.29, 0.717) is 42.2 Å². The molecule has 0 spiro atoms. The molecular formula is C29H55N2O3P. The Labute approximate surface area is 216 Å². The zero-order chi connectivity index (χ0) is 25.3. The van der Waals surface area contributed by atoms with E-state index in [2.05, 4.69) is 26.1 Å². The van der Waals surface area contributed by atoms with Crippen molar-refractivity contribution >= 4 is 7.60 Å². The van der Waals surface area contributed by atoms with Crippen molar-refractivity contribution in [3.63, 3.8) is 0 Å². The molecule has 4 rings (SSSR count). The van der Waals surface area contributed by atoms with Crippen molar-refractivity contribution in [3.8, 4) is 0 Å². The highest BCUT2D eigenvalue weighted by Crippen LogP contribution is 2.68. The molecule has 5 nitrogen and oxygen atoms in total. The average Bonchev–Trinajstić information content (AvgIpc) is 3.19. The quantitative estimate of drug-likeness (QED) is 0.297. The van der Waals surface area contributed by atoms with Crippen molar-refractivity contribution in [2.75, 3.05) is 32.5 Å². The van der Waals surface area contributed by atoms with Gasteiger partial charge in [-0.25, -0.2) is 0 Å². The summed E-state index contributed by atoms with van der Waals surface area (Å²) in [4.78, 5) is 0. The van der Waals surface area contributed by atoms with Gasteiger partial charge in [0.1, 0.15) is 0 Å². The van der Waals surface area contributed by atoms with Crippen molar-refractivity contribution < 1.29 is 13.6 Å². The molecular weight excluding hydrogens is 455 g/mol. The molecule has 0 aromatic rings. The second-order valence-corrected chi connectivity index (χ2v) is 15.2. The first-order valence-electron chi connectivity index (χ1n) is 15.0. The Kier molecular flexibility index (Phi) is 9.18. The zero-order valence-corrected chi connectivity index (χ0v) is 24.3. The molecule has 0 saturated heterocycles. The molecule has 4 saturated carbocycles. The predicted octanol–water partition coefficient (Wildman–Crippen LogP) is 6.85. The van der Waals surface area contributed by atoms with E-state index in [1.54, 1.807) is 0 Å². The van der Waals surface area contributed by atoms with Gasteiger partial charge in [-0.2, -0.15) is 0 Å². The summed E-state index contributed by atoms with van der Waals surface area (Å²) in [5.74, 6) is 4.92. The highest BCUT2D eigenvalue weighted by atomic mass is 31.2. The van der Waals surface area contributed by atoms with Gasteiger partial charge in [-0.15, -0.1) is 0 Å². The molecule has 4 aliphatic rings. The fraction of sp³-hybridized carbons (Fsp3) is 1.00. The summed E-state index contributed by atoms with van der Waals surface area (Å²) in [7, 11) is -2.95. The Morgan fingerprint density at radius 1 is 0.971 bits per heavy atom. The number of nitrogens with two attached hydrogens (primary N) is 1. The van der Waals surface area contributed by atoms with Crippen LogP contribution in [0, 0.1) is 46.3 Å². The summed E-state index contributed by atoms with van der Waals surface area (Å²) in [6, 6.07) is 0.683. The largest absolute Gasteiger partial charge is 0.330 e. The average molecular weight is 511 g/mol. The van der Waals surface area contributed by atoms with Crippen LogP contribution in [0.3, 0.4) is 0 Å². The van der Waals surface area contributed by atoms with Crippen LogP contribution in [0.15, 0.2) is 0 Å². The maximum atomic E-state index is 13.1. The van der Waals surface area contributed by atoms with Crippen molar-refractivity contribution in [3.05, 3.63) is 0 Å². The molecule has 204 valence electrons. The van der Waals surface area contributed by atoms with Crippen LogP contribution in [-0.4, -0.2) is 38.5 Å². The van der Waals surface area contributed by atoms with E-state index in [0.717, 1.165) is 49.1 Å². The molecule has 35 heavy (non-hydrogen) atoms. The third-order valence-corrected chi connectivity index (χ3v) is 13.6. The second-order valence-electron chi connectivity index (χ2n) is 13.0. The van der Waals surface area contributed by atoms with Crippen LogP contribution >= 0.6 is 7.60 Å². The molecule has 4 aliphatic carbocycles. The normalized spacial score (nSPS) is 42.2. The van der Waals surface area contributed by atoms with E-state index in [1.807, 2.05) is 13.8 Å².